The summed E-state index contributed by atoms with van der Waals surface area (Å²) < 4.78 is 0. The predicted octanol–water partition coefficient (Wildman–Crippen LogP) is 2.47. The molecule has 7 rings (SSSR count). The van der Waals surface area contributed by atoms with Crippen LogP contribution in [0.3, 0.4) is 0 Å². The number of aliphatic hydroxyl groups is 1. The van der Waals surface area contributed by atoms with Crippen LogP contribution in [-0.4, -0.2) is 63.7 Å². The number of nitrogens with one attached hydrogen (secondary N) is 1. The van der Waals surface area contributed by atoms with E-state index < -0.39 is 5.60 Å². The molecule has 7 nitrogen and oxygen atoms in total. The Morgan fingerprint density at radius 3 is 2.52 bits per heavy atom. The van der Waals surface area contributed by atoms with Crippen molar-refractivity contribution in [1.82, 2.24) is 20.2 Å². The van der Waals surface area contributed by atoms with Crippen LogP contribution in [0, 0.1) is 17.8 Å². The van der Waals surface area contributed by atoms with E-state index >= 15 is 0 Å². The standard InChI is InChI=1S/C26H33N5O2/c32-25(29-24-19-12-18-13-20(24)16-26(33,14-18)15-19)22-5-3-6-23(28-22)31-10-8-30(9-11-31)17-21-4-1-2-7-27-21/h1-7,18-20,24,33H,8-17H2,(H,29,32)/t18?,19?,20?,24-,26-. The van der Waals surface area contributed by atoms with E-state index in [2.05, 4.69) is 26.2 Å². The number of piperazine rings is 1. The van der Waals surface area contributed by atoms with E-state index in [1.165, 1.54) is 0 Å². The quantitative estimate of drug-likeness (QED) is 0.733. The molecule has 2 aromatic heterocycles. The Labute approximate surface area is 195 Å². The van der Waals surface area contributed by atoms with Crippen LogP contribution in [0.25, 0.3) is 0 Å². The minimum Gasteiger partial charge on any atom is -0.390 e. The summed E-state index contributed by atoms with van der Waals surface area (Å²) in [6.07, 6.45) is 6.75. The Morgan fingerprint density at radius 1 is 1.03 bits per heavy atom. The number of amides is 1. The Morgan fingerprint density at radius 2 is 1.82 bits per heavy atom. The van der Waals surface area contributed by atoms with Gasteiger partial charge in [0.2, 0.25) is 0 Å². The Balaban J connectivity index is 1.08. The highest BCUT2D eigenvalue weighted by atomic mass is 16.3. The zero-order valence-electron chi connectivity index (χ0n) is 19.1. The van der Waals surface area contributed by atoms with Crippen LogP contribution < -0.4 is 10.2 Å². The minimum atomic E-state index is -0.478. The summed E-state index contributed by atoms with van der Waals surface area (Å²) in [5.41, 5.74) is 1.12. The normalized spacial score (nSPS) is 33.3. The van der Waals surface area contributed by atoms with Gasteiger partial charge in [-0.05, 0) is 74.1 Å². The lowest BCUT2D eigenvalue weighted by Gasteiger charge is -2.58. The molecule has 0 spiro atoms. The van der Waals surface area contributed by atoms with Crippen molar-refractivity contribution in [3.05, 3.63) is 54.0 Å². The third-order valence-corrected chi connectivity index (χ3v) is 8.31. The van der Waals surface area contributed by atoms with Crippen molar-refractivity contribution in [1.29, 1.82) is 0 Å². The smallest absolute Gasteiger partial charge is 0.270 e. The molecule has 4 bridgehead atoms. The SMILES string of the molecule is O=C(N[C@H]1C2CC3CC1C[C@](O)(C3)C2)c1cccc(N2CCN(Cc3ccccn3)CC2)n1. The summed E-state index contributed by atoms with van der Waals surface area (Å²) in [5.74, 6) is 2.24. The maximum absolute atomic E-state index is 13.1. The van der Waals surface area contributed by atoms with Crippen LogP contribution in [0.5, 0.6) is 0 Å². The molecule has 5 fully saturated rings. The molecule has 3 heterocycles. The van der Waals surface area contributed by atoms with Crippen molar-refractivity contribution in [2.45, 2.75) is 50.3 Å². The van der Waals surface area contributed by atoms with Crippen molar-refractivity contribution in [3.8, 4) is 0 Å². The first-order valence-electron chi connectivity index (χ1n) is 12.4. The highest BCUT2D eigenvalue weighted by Gasteiger charge is 2.55. The number of carbonyl (C=O) groups is 1. The molecule has 2 aromatic rings. The van der Waals surface area contributed by atoms with E-state index in [9.17, 15) is 9.90 Å². The van der Waals surface area contributed by atoms with Gasteiger partial charge < -0.3 is 15.3 Å². The lowest BCUT2D eigenvalue weighted by atomic mass is 9.52. The van der Waals surface area contributed by atoms with Gasteiger partial charge in [-0.25, -0.2) is 4.98 Å². The summed E-state index contributed by atoms with van der Waals surface area (Å²) in [5, 5.41) is 14.1. The second kappa shape index (κ2) is 8.37. The fourth-order valence-corrected chi connectivity index (χ4v) is 7.02. The van der Waals surface area contributed by atoms with E-state index in [1.54, 1.807) is 0 Å². The maximum Gasteiger partial charge on any atom is 0.270 e. The average molecular weight is 448 g/mol. The first-order valence-corrected chi connectivity index (χ1v) is 12.4. The van der Waals surface area contributed by atoms with Gasteiger partial charge in [-0.2, -0.15) is 0 Å². The summed E-state index contributed by atoms with van der Waals surface area (Å²) in [6.45, 7) is 4.54. The van der Waals surface area contributed by atoms with Crippen molar-refractivity contribution in [3.63, 3.8) is 0 Å². The maximum atomic E-state index is 13.1. The van der Waals surface area contributed by atoms with Gasteiger partial charge in [0.25, 0.3) is 5.91 Å². The van der Waals surface area contributed by atoms with Crippen molar-refractivity contribution >= 4 is 11.7 Å². The number of pyridine rings is 2. The molecule has 33 heavy (non-hydrogen) atoms. The first kappa shape index (κ1) is 21.1. The van der Waals surface area contributed by atoms with Crippen molar-refractivity contribution in [2.24, 2.45) is 17.8 Å². The molecule has 174 valence electrons. The Bertz CT molecular complexity index is 991. The largest absolute Gasteiger partial charge is 0.390 e. The van der Waals surface area contributed by atoms with Crippen LogP contribution in [0.4, 0.5) is 5.82 Å². The molecule has 2 unspecified atom stereocenters. The average Bonchev–Trinajstić information content (AvgIpc) is 2.81. The highest BCUT2D eigenvalue weighted by Crippen LogP contribution is 2.55. The molecule has 1 aliphatic heterocycles. The third-order valence-electron chi connectivity index (χ3n) is 8.31. The summed E-state index contributed by atoms with van der Waals surface area (Å²) in [6, 6.07) is 12.0. The van der Waals surface area contributed by atoms with Crippen LogP contribution >= 0.6 is 0 Å². The zero-order valence-corrected chi connectivity index (χ0v) is 19.1. The summed E-state index contributed by atoms with van der Waals surface area (Å²) >= 11 is 0. The first-order chi connectivity index (χ1) is 16.0. The van der Waals surface area contributed by atoms with Gasteiger partial charge in [0.15, 0.2) is 0 Å². The van der Waals surface area contributed by atoms with Gasteiger partial charge in [-0.15, -0.1) is 0 Å². The number of hydrogen-bond donors (Lipinski definition) is 2. The molecule has 0 radical (unpaired) electrons. The number of carbonyl (C=O) groups excluding carboxylic acids is 1. The van der Waals surface area contributed by atoms with E-state index in [-0.39, 0.29) is 11.9 Å². The Hall–Kier alpha value is -2.51. The third kappa shape index (κ3) is 4.24. The van der Waals surface area contributed by atoms with Crippen LogP contribution in [0.15, 0.2) is 42.6 Å². The van der Waals surface area contributed by atoms with Crippen LogP contribution in [0.1, 0.15) is 48.3 Å². The zero-order chi connectivity index (χ0) is 22.4. The van der Waals surface area contributed by atoms with E-state index in [1.807, 2.05) is 36.5 Å². The molecule has 4 saturated carbocycles. The molecule has 4 aliphatic carbocycles. The lowest BCUT2D eigenvalue weighted by Crippen LogP contribution is -2.61. The van der Waals surface area contributed by atoms with Gasteiger partial charge in [-0.1, -0.05) is 12.1 Å². The number of rotatable bonds is 5. The van der Waals surface area contributed by atoms with Gasteiger partial charge in [-0.3, -0.25) is 14.7 Å². The van der Waals surface area contributed by atoms with Gasteiger partial charge >= 0.3 is 0 Å². The number of anilines is 1. The second-order valence-corrected chi connectivity index (χ2v) is 10.7. The van der Waals surface area contributed by atoms with Gasteiger partial charge in [0.1, 0.15) is 11.5 Å². The summed E-state index contributed by atoms with van der Waals surface area (Å²) in [7, 11) is 0. The van der Waals surface area contributed by atoms with E-state index in [4.69, 9.17) is 4.98 Å². The molecule has 1 saturated heterocycles. The lowest BCUT2D eigenvalue weighted by molar-refractivity contribution is -0.136. The molecule has 0 aromatic carbocycles. The minimum absolute atomic E-state index is 0.0740. The van der Waals surface area contributed by atoms with Crippen molar-refractivity contribution < 1.29 is 9.90 Å². The molecule has 1 amide bonds. The molecular formula is C26H33N5O2. The fraction of sp³-hybridized carbons (Fsp3) is 0.577. The van der Waals surface area contributed by atoms with E-state index in [0.717, 1.165) is 76.3 Å². The molecule has 2 atom stereocenters. The molecule has 7 heteroatoms. The van der Waals surface area contributed by atoms with Crippen LogP contribution in [0.2, 0.25) is 0 Å². The number of nitrogens with zero attached hydrogens (tertiary/aromatic N) is 4. The molecule has 2 N–H and O–H groups in total. The summed E-state index contributed by atoms with van der Waals surface area (Å²) in [4.78, 5) is 27.0. The number of hydrogen-bond acceptors (Lipinski definition) is 6. The number of aromatic nitrogens is 2. The second-order valence-electron chi connectivity index (χ2n) is 10.7. The predicted molar refractivity (Wildman–Crippen MR) is 126 cm³/mol. The Kier molecular flexibility index (Phi) is 5.34. The van der Waals surface area contributed by atoms with Gasteiger partial charge in [0.05, 0.1) is 11.3 Å². The van der Waals surface area contributed by atoms with Crippen molar-refractivity contribution in [2.75, 3.05) is 31.1 Å². The molecular weight excluding hydrogens is 414 g/mol. The fourth-order valence-electron chi connectivity index (χ4n) is 7.02. The highest BCUT2D eigenvalue weighted by molar-refractivity contribution is 5.93. The van der Waals surface area contributed by atoms with E-state index in [0.29, 0.717) is 23.4 Å². The molecule has 5 aliphatic rings. The monoisotopic (exact) mass is 447 g/mol. The van der Waals surface area contributed by atoms with Crippen LogP contribution in [-0.2, 0) is 6.54 Å². The van der Waals surface area contributed by atoms with Gasteiger partial charge in [0, 0.05) is 45.0 Å². The topological polar surface area (TPSA) is 81.6 Å².